The van der Waals surface area contributed by atoms with Gasteiger partial charge in [0.1, 0.15) is 5.82 Å². The Labute approximate surface area is 151 Å². The molecule has 132 valence electrons. The van der Waals surface area contributed by atoms with Gasteiger partial charge in [0, 0.05) is 5.82 Å². The van der Waals surface area contributed by atoms with Gasteiger partial charge in [-0.25, -0.2) is 4.39 Å². The van der Waals surface area contributed by atoms with E-state index in [0.29, 0.717) is 16.6 Å². The molecule has 1 aliphatic heterocycles. The molecule has 1 fully saturated rings. The molecule has 1 aliphatic rings. The highest BCUT2D eigenvalue weighted by molar-refractivity contribution is 9.10. The van der Waals surface area contributed by atoms with E-state index in [1.165, 1.54) is 6.07 Å². The van der Waals surface area contributed by atoms with Crippen LogP contribution < -0.4 is 0 Å². The van der Waals surface area contributed by atoms with E-state index in [9.17, 15) is 9.18 Å². The van der Waals surface area contributed by atoms with Crippen LogP contribution in [0.1, 0.15) is 52.4 Å². The quantitative estimate of drug-likeness (QED) is 0.547. The van der Waals surface area contributed by atoms with Crippen molar-refractivity contribution in [2.75, 3.05) is 6.61 Å². The molecule has 0 bridgehead atoms. The summed E-state index contributed by atoms with van der Waals surface area (Å²) in [4.78, 5) is 12.1. The third-order valence-electron chi connectivity index (χ3n) is 4.67. The summed E-state index contributed by atoms with van der Waals surface area (Å²) in [6.07, 6.45) is 0.0483. The molecule has 1 heterocycles. The number of benzene rings is 1. The van der Waals surface area contributed by atoms with Crippen LogP contribution in [0.25, 0.3) is 0 Å². The Kier molecular flexibility index (Phi) is 5.77. The molecule has 1 atom stereocenters. The molecule has 1 saturated heterocycles. The summed E-state index contributed by atoms with van der Waals surface area (Å²) in [5, 5.41) is 0. The number of halogens is 2. The van der Waals surface area contributed by atoms with Crippen molar-refractivity contribution in [2.24, 2.45) is 0 Å². The fourth-order valence-corrected chi connectivity index (χ4v) is 3.17. The summed E-state index contributed by atoms with van der Waals surface area (Å²) < 4.78 is 31.5. The molecule has 7 heteroatoms. The van der Waals surface area contributed by atoms with Crippen LogP contribution >= 0.6 is 15.9 Å². The first-order valence-electron chi connectivity index (χ1n) is 8.04. The topological polar surface area (TPSA) is 44.8 Å². The average molecular weight is 401 g/mol. The summed E-state index contributed by atoms with van der Waals surface area (Å²) in [7, 11) is -0.669. The van der Waals surface area contributed by atoms with Crippen LogP contribution in [0.2, 0.25) is 0 Å². The predicted octanol–water partition coefficient (Wildman–Crippen LogP) is 4.26. The van der Waals surface area contributed by atoms with E-state index >= 15 is 0 Å². The Morgan fingerprint density at radius 1 is 1.29 bits per heavy atom. The van der Waals surface area contributed by atoms with Crippen molar-refractivity contribution in [1.29, 1.82) is 0 Å². The first-order chi connectivity index (χ1) is 11.1. The minimum absolute atomic E-state index is 0.0483. The Morgan fingerprint density at radius 3 is 2.42 bits per heavy atom. The molecule has 1 aromatic carbocycles. The number of carbonyl (C=O) groups excluding carboxylic acids is 1. The molecule has 0 spiro atoms. The largest absolute Gasteiger partial charge is 0.466 e. The lowest BCUT2D eigenvalue weighted by molar-refractivity contribution is -0.143. The van der Waals surface area contributed by atoms with Crippen LogP contribution in [0, 0.1) is 5.82 Å². The van der Waals surface area contributed by atoms with E-state index in [2.05, 4.69) is 15.9 Å². The van der Waals surface area contributed by atoms with Crippen LogP contribution in [0.5, 0.6) is 0 Å². The minimum atomic E-state index is -0.669. The average Bonchev–Trinajstić information content (AvgIpc) is 2.68. The summed E-state index contributed by atoms with van der Waals surface area (Å²) in [5.41, 5.74) is -0.448. The SMILES string of the molecule is CCOC(=O)CC(B1OC(C)(C)C(C)(C)O1)c1cccc(F)c1Br. The molecule has 1 aromatic rings. The monoisotopic (exact) mass is 400 g/mol. The summed E-state index contributed by atoms with van der Waals surface area (Å²) >= 11 is 3.28. The normalized spacial score (nSPS) is 20.0. The van der Waals surface area contributed by atoms with Gasteiger partial charge in [-0.3, -0.25) is 4.79 Å². The number of esters is 1. The van der Waals surface area contributed by atoms with E-state index in [0.717, 1.165) is 0 Å². The van der Waals surface area contributed by atoms with E-state index in [-0.39, 0.29) is 12.4 Å². The van der Waals surface area contributed by atoms with Gasteiger partial charge in [-0.05, 0) is 62.2 Å². The van der Waals surface area contributed by atoms with Crippen molar-refractivity contribution in [1.82, 2.24) is 0 Å². The zero-order valence-electron chi connectivity index (χ0n) is 14.7. The lowest BCUT2D eigenvalue weighted by Crippen LogP contribution is -2.41. The first kappa shape index (κ1) is 19.4. The van der Waals surface area contributed by atoms with Crippen LogP contribution in [-0.4, -0.2) is 30.9 Å². The summed E-state index contributed by atoms with van der Waals surface area (Å²) in [5.74, 6) is -1.23. The fourth-order valence-electron chi connectivity index (χ4n) is 2.61. The lowest BCUT2D eigenvalue weighted by atomic mass is 9.66. The molecular formula is C17H23BBrFO4. The molecule has 0 radical (unpaired) electrons. The van der Waals surface area contributed by atoms with E-state index < -0.39 is 30.0 Å². The number of hydrogen-bond donors (Lipinski definition) is 0. The minimum Gasteiger partial charge on any atom is -0.466 e. The first-order valence-corrected chi connectivity index (χ1v) is 8.83. The van der Waals surface area contributed by atoms with Crippen LogP contribution in [0.4, 0.5) is 4.39 Å². The van der Waals surface area contributed by atoms with Crippen molar-refractivity contribution >= 4 is 29.0 Å². The molecular weight excluding hydrogens is 378 g/mol. The van der Waals surface area contributed by atoms with E-state index in [4.69, 9.17) is 14.0 Å². The highest BCUT2D eigenvalue weighted by Crippen LogP contribution is 2.43. The molecule has 0 saturated carbocycles. The zero-order valence-corrected chi connectivity index (χ0v) is 16.3. The maximum absolute atomic E-state index is 14.0. The molecule has 0 N–H and O–H groups in total. The standard InChI is InChI=1S/C17H23BBrFO4/c1-6-22-14(21)10-12(11-8-7-9-13(20)15(11)19)18-23-16(2,3)17(4,5)24-18/h7-9,12H,6,10H2,1-5H3. The van der Waals surface area contributed by atoms with Crippen molar-refractivity contribution in [3.05, 3.63) is 34.1 Å². The highest BCUT2D eigenvalue weighted by atomic mass is 79.9. The van der Waals surface area contributed by atoms with E-state index in [1.807, 2.05) is 27.7 Å². The third kappa shape index (κ3) is 3.84. The zero-order chi connectivity index (χ0) is 18.1. The molecule has 0 aromatic heterocycles. The Hall–Kier alpha value is -0.915. The maximum Gasteiger partial charge on any atom is 0.466 e. The smallest absolute Gasteiger partial charge is 0.466 e. The van der Waals surface area contributed by atoms with Crippen molar-refractivity contribution < 1.29 is 23.2 Å². The van der Waals surface area contributed by atoms with Crippen molar-refractivity contribution in [3.63, 3.8) is 0 Å². The molecule has 1 unspecified atom stereocenters. The number of carbonyl (C=O) groups is 1. The van der Waals surface area contributed by atoms with Gasteiger partial charge in [0.05, 0.1) is 28.7 Å². The van der Waals surface area contributed by atoms with E-state index in [1.54, 1.807) is 19.1 Å². The molecule has 24 heavy (non-hydrogen) atoms. The van der Waals surface area contributed by atoms with Gasteiger partial charge in [0.2, 0.25) is 0 Å². The lowest BCUT2D eigenvalue weighted by Gasteiger charge is -2.32. The molecule has 0 amide bonds. The predicted molar refractivity (Wildman–Crippen MR) is 94.2 cm³/mol. The van der Waals surface area contributed by atoms with Crippen molar-refractivity contribution in [2.45, 2.75) is 58.1 Å². The second kappa shape index (κ2) is 7.14. The van der Waals surface area contributed by atoms with Gasteiger partial charge in [-0.15, -0.1) is 0 Å². The fraction of sp³-hybridized carbons (Fsp3) is 0.588. The van der Waals surface area contributed by atoms with Crippen LogP contribution in [0.15, 0.2) is 22.7 Å². The Morgan fingerprint density at radius 2 is 1.88 bits per heavy atom. The van der Waals surface area contributed by atoms with Crippen molar-refractivity contribution in [3.8, 4) is 0 Å². The number of ether oxygens (including phenoxy) is 1. The number of rotatable bonds is 5. The summed E-state index contributed by atoms with van der Waals surface area (Å²) in [6.45, 7) is 9.80. The Bertz CT molecular complexity index is 605. The molecule has 4 nitrogen and oxygen atoms in total. The second-order valence-electron chi connectivity index (χ2n) is 6.88. The van der Waals surface area contributed by atoms with Gasteiger partial charge in [-0.1, -0.05) is 12.1 Å². The maximum atomic E-state index is 14.0. The third-order valence-corrected chi connectivity index (χ3v) is 5.51. The van der Waals surface area contributed by atoms with Crippen LogP contribution in [0.3, 0.4) is 0 Å². The van der Waals surface area contributed by atoms with Gasteiger partial charge < -0.3 is 14.0 Å². The van der Waals surface area contributed by atoms with Gasteiger partial charge >= 0.3 is 13.1 Å². The van der Waals surface area contributed by atoms with Gasteiger partial charge in [-0.2, -0.15) is 0 Å². The number of hydrogen-bond acceptors (Lipinski definition) is 4. The second-order valence-corrected chi connectivity index (χ2v) is 7.68. The Balaban J connectivity index is 2.37. The molecule has 2 rings (SSSR count). The van der Waals surface area contributed by atoms with Gasteiger partial charge in [0.25, 0.3) is 0 Å². The molecule has 0 aliphatic carbocycles. The van der Waals surface area contributed by atoms with Crippen LogP contribution in [-0.2, 0) is 18.8 Å². The van der Waals surface area contributed by atoms with Gasteiger partial charge in [0.15, 0.2) is 0 Å². The highest BCUT2D eigenvalue weighted by Gasteiger charge is 2.54. The summed E-state index contributed by atoms with van der Waals surface area (Å²) in [6, 6.07) is 4.74.